The summed E-state index contributed by atoms with van der Waals surface area (Å²) in [6.07, 6.45) is 0.183. The summed E-state index contributed by atoms with van der Waals surface area (Å²) in [6, 6.07) is 20.9. The van der Waals surface area contributed by atoms with Crippen LogP contribution in [0.1, 0.15) is 12.5 Å². The number of carbonyl (C=O) groups excluding carboxylic acids is 3. The van der Waals surface area contributed by atoms with Gasteiger partial charge in [-0.1, -0.05) is 39.7 Å². The van der Waals surface area contributed by atoms with Crippen molar-refractivity contribution in [3.05, 3.63) is 93.6 Å². The minimum Gasteiger partial charge on any atom is -0.494 e. The van der Waals surface area contributed by atoms with Crippen LogP contribution in [0.3, 0.4) is 0 Å². The fraction of sp³-hybridized carbons (Fsp3) is 0.115. The standard InChI is InChI=1S/C26H21BrClN3O4/c1-2-35-21-13-11-20(12-14-21)31-25(33)23(28)24(26(31)34)30-19-7-3-16(4-8-19)15-22(32)29-18-9-5-17(27)6-10-18/h3-14,30H,2,15H2,1H3,(H,29,32). The largest absolute Gasteiger partial charge is 0.494 e. The smallest absolute Gasteiger partial charge is 0.283 e. The molecule has 0 atom stereocenters. The number of ether oxygens (including phenoxy) is 1. The Bertz CT molecular complexity index is 1290. The van der Waals surface area contributed by atoms with E-state index in [2.05, 4.69) is 26.6 Å². The van der Waals surface area contributed by atoms with E-state index >= 15 is 0 Å². The van der Waals surface area contributed by atoms with E-state index in [4.69, 9.17) is 16.3 Å². The molecule has 178 valence electrons. The number of amides is 3. The summed E-state index contributed by atoms with van der Waals surface area (Å²) >= 11 is 9.57. The van der Waals surface area contributed by atoms with Gasteiger partial charge >= 0.3 is 0 Å². The number of imide groups is 1. The van der Waals surface area contributed by atoms with Crippen LogP contribution >= 0.6 is 27.5 Å². The molecule has 9 heteroatoms. The van der Waals surface area contributed by atoms with E-state index < -0.39 is 11.8 Å². The van der Waals surface area contributed by atoms with Crippen molar-refractivity contribution in [2.45, 2.75) is 13.3 Å². The predicted molar refractivity (Wildman–Crippen MR) is 140 cm³/mol. The molecular formula is C26H21BrClN3O4. The van der Waals surface area contributed by atoms with Crippen molar-refractivity contribution in [3.63, 3.8) is 0 Å². The van der Waals surface area contributed by atoms with E-state index in [-0.39, 0.29) is 23.1 Å². The highest BCUT2D eigenvalue weighted by Gasteiger charge is 2.38. The number of carbonyl (C=O) groups is 3. The fourth-order valence-electron chi connectivity index (χ4n) is 3.48. The molecule has 0 saturated heterocycles. The van der Waals surface area contributed by atoms with Gasteiger partial charge in [-0.15, -0.1) is 0 Å². The summed E-state index contributed by atoms with van der Waals surface area (Å²) in [5.74, 6) is -0.675. The molecule has 0 radical (unpaired) electrons. The van der Waals surface area contributed by atoms with Gasteiger partial charge in [0.25, 0.3) is 11.8 Å². The van der Waals surface area contributed by atoms with Crippen LogP contribution in [0, 0.1) is 0 Å². The Kier molecular flexibility index (Phi) is 7.53. The average Bonchev–Trinajstić information content (AvgIpc) is 3.05. The molecule has 1 aliphatic rings. The molecule has 0 bridgehead atoms. The molecule has 4 rings (SSSR count). The zero-order valence-electron chi connectivity index (χ0n) is 18.7. The maximum Gasteiger partial charge on any atom is 0.283 e. The molecule has 2 N–H and O–H groups in total. The van der Waals surface area contributed by atoms with Crippen molar-refractivity contribution in [3.8, 4) is 5.75 Å². The first-order valence-corrected chi connectivity index (χ1v) is 12.0. The number of hydrogen-bond acceptors (Lipinski definition) is 5. The SMILES string of the molecule is CCOc1ccc(N2C(=O)C(Cl)=C(Nc3ccc(CC(=O)Nc4ccc(Br)cc4)cc3)C2=O)cc1. The van der Waals surface area contributed by atoms with Crippen LogP contribution in [0.2, 0.25) is 0 Å². The molecule has 3 amide bonds. The third-order valence-corrected chi connectivity index (χ3v) is 6.03. The zero-order chi connectivity index (χ0) is 24.9. The van der Waals surface area contributed by atoms with Gasteiger partial charge < -0.3 is 15.4 Å². The summed E-state index contributed by atoms with van der Waals surface area (Å²) in [5, 5.41) is 5.58. The number of benzene rings is 3. The second-order valence-corrected chi connectivity index (χ2v) is 8.91. The quantitative estimate of drug-likeness (QED) is 0.361. The predicted octanol–water partition coefficient (Wildman–Crippen LogP) is 5.46. The van der Waals surface area contributed by atoms with Gasteiger partial charge in [0.2, 0.25) is 5.91 Å². The first kappa shape index (κ1) is 24.5. The summed E-state index contributed by atoms with van der Waals surface area (Å²) in [6.45, 7) is 2.38. The molecule has 0 spiro atoms. The number of hydrogen-bond donors (Lipinski definition) is 2. The van der Waals surface area contributed by atoms with Crippen molar-refractivity contribution < 1.29 is 19.1 Å². The lowest BCUT2D eigenvalue weighted by molar-refractivity contribution is -0.120. The van der Waals surface area contributed by atoms with E-state index in [1.165, 1.54) is 0 Å². The Morgan fingerprint density at radius 1 is 0.914 bits per heavy atom. The van der Waals surface area contributed by atoms with Crippen LogP contribution in [0.25, 0.3) is 0 Å². The Morgan fingerprint density at radius 3 is 2.17 bits per heavy atom. The number of anilines is 3. The van der Waals surface area contributed by atoms with E-state index in [0.717, 1.165) is 14.9 Å². The van der Waals surface area contributed by atoms with Crippen molar-refractivity contribution >= 4 is 62.3 Å². The van der Waals surface area contributed by atoms with Crippen LogP contribution in [-0.2, 0) is 20.8 Å². The molecule has 7 nitrogen and oxygen atoms in total. The molecule has 0 aromatic heterocycles. The molecule has 0 unspecified atom stereocenters. The normalized spacial score (nSPS) is 13.3. The monoisotopic (exact) mass is 553 g/mol. The number of rotatable bonds is 8. The second kappa shape index (κ2) is 10.8. The first-order chi connectivity index (χ1) is 16.9. The summed E-state index contributed by atoms with van der Waals surface area (Å²) in [4.78, 5) is 39.0. The number of nitrogens with zero attached hydrogens (tertiary/aromatic N) is 1. The summed E-state index contributed by atoms with van der Waals surface area (Å²) in [7, 11) is 0. The van der Waals surface area contributed by atoms with Gasteiger partial charge in [-0.3, -0.25) is 14.4 Å². The van der Waals surface area contributed by atoms with Gasteiger partial charge in [-0.25, -0.2) is 4.90 Å². The van der Waals surface area contributed by atoms with Gasteiger partial charge in [0, 0.05) is 15.8 Å². The second-order valence-electron chi connectivity index (χ2n) is 7.62. The molecule has 0 aliphatic carbocycles. The lowest BCUT2D eigenvalue weighted by Gasteiger charge is -2.15. The van der Waals surface area contributed by atoms with E-state index in [1.54, 1.807) is 48.5 Å². The van der Waals surface area contributed by atoms with Gasteiger partial charge in [0.05, 0.1) is 18.7 Å². The molecular weight excluding hydrogens is 534 g/mol. The molecule has 0 fully saturated rings. The summed E-state index contributed by atoms with van der Waals surface area (Å²) in [5.41, 5.74) is 2.44. The highest BCUT2D eigenvalue weighted by atomic mass is 79.9. The van der Waals surface area contributed by atoms with Gasteiger partial charge in [0.15, 0.2) is 0 Å². The van der Waals surface area contributed by atoms with Crippen molar-refractivity contribution in [2.24, 2.45) is 0 Å². The minimum atomic E-state index is -0.607. The lowest BCUT2D eigenvalue weighted by Crippen LogP contribution is -2.32. The third-order valence-electron chi connectivity index (χ3n) is 5.15. The van der Waals surface area contributed by atoms with E-state index in [9.17, 15) is 14.4 Å². The molecule has 35 heavy (non-hydrogen) atoms. The highest BCUT2D eigenvalue weighted by molar-refractivity contribution is 9.10. The van der Waals surface area contributed by atoms with Crippen molar-refractivity contribution in [2.75, 3.05) is 22.1 Å². The van der Waals surface area contributed by atoms with Crippen LogP contribution in [0.15, 0.2) is 88.0 Å². The van der Waals surface area contributed by atoms with Gasteiger partial charge in [-0.2, -0.15) is 0 Å². The van der Waals surface area contributed by atoms with Crippen LogP contribution in [-0.4, -0.2) is 24.3 Å². The number of halogens is 2. The fourth-order valence-corrected chi connectivity index (χ4v) is 3.95. The Morgan fingerprint density at radius 2 is 1.54 bits per heavy atom. The maximum atomic E-state index is 13.0. The third kappa shape index (κ3) is 5.72. The molecule has 3 aromatic carbocycles. The molecule has 3 aromatic rings. The number of nitrogens with one attached hydrogen (secondary N) is 2. The molecule has 0 saturated carbocycles. The van der Waals surface area contributed by atoms with Crippen LogP contribution in [0.5, 0.6) is 5.75 Å². The maximum absolute atomic E-state index is 13.0. The Labute approximate surface area is 215 Å². The first-order valence-electron chi connectivity index (χ1n) is 10.8. The Hall–Kier alpha value is -3.62. The van der Waals surface area contributed by atoms with Crippen molar-refractivity contribution in [1.29, 1.82) is 0 Å². The average molecular weight is 555 g/mol. The van der Waals surface area contributed by atoms with E-state index in [1.807, 2.05) is 31.2 Å². The highest BCUT2D eigenvalue weighted by Crippen LogP contribution is 2.31. The summed E-state index contributed by atoms with van der Waals surface area (Å²) < 4.78 is 6.33. The topological polar surface area (TPSA) is 87.7 Å². The lowest BCUT2D eigenvalue weighted by atomic mass is 10.1. The van der Waals surface area contributed by atoms with Crippen LogP contribution in [0.4, 0.5) is 17.1 Å². The molecule has 1 heterocycles. The Balaban J connectivity index is 1.40. The molecule has 1 aliphatic heterocycles. The zero-order valence-corrected chi connectivity index (χ0v) is 21.0. The van der Waals surface area contributed by atoms with E-state index in [0.29, 0.717) is 29.4 Å². The van der Waals surface area contributed by atoms with Gasteiger partial charge in [0.1, 0.15) is 16.5 Å². The van der Waals surface area contributed by atoms with Crippen molar-refractivity contribution in [1.82, 2.24) is 0 Å². The van der Waals surface area contributed by atoms with Crippen LogP contribution < -0.4 is 20.3 Å². The van der Waals surface area contributed by atoms with Gasteiger partial charge in [-0.05, 0) is 73.2 Å². The minimum absolute atomic E-state index is 0.00807.